The summed E-state index contributed by atoms with van der Waals surface area (Å²) in [5.74, 6) is 0.0399. The molecule has 2 rings (SSSR count). The Labute approximate surface area is 179 Å². The van der Waals surface area contributed by atoms with E-state index in [9.17, 15) is 23.3 Å². The van der Waals surface area contributed by atoms with Crippen molar-refractivity contribution in [3.63, 3.8) is 0 Å². The summed E-state index contributed by atoms with van der Waals surface area (Å²) in [4.78, 5) is 22.8. The first kappa shape index (κ1) is 23.6. The molecule has 2 aromatic rings. The Balaban J connectivity index is 1.93. The molecule has 0 bridgehead atoms. The molecule has 30 heavy (non-hydrogen) atoms. The number of nitro benzene ring substituents is 1. The fraction of sp³-hybridized carbons (Fsp3) is 0.316. The Morgan fingerprint density at radius 2 is 1.90 bits per heavy atom. The van der Waals surface area contributed by atoms with Crippen LogP contribution >= 0.6 is 11.6 Å². The van der Waals surface area contributed by atoms with Crippen molar-refractivity contribution >= 4 is 33.2 Å². The minimum absolute atomic E-state index is 0.0351. The second-order valence-corrected chi connectivity index (χ2v) is 8.78. The van der Waals surface area contributed by atoms with Gasteiger partial charge in [-0.15, -0.1) is 0 Å². The number of nitrogens with one attached hydrogen (secondary N) is 1. The summed E-state index contributed by atoms with van der Waals surface area (Å²) in [5, 5.41) is 14.1. The van der Waals surface area contributed by atoms with Crippen LogP contribution in [0.5, 0.6) is 11.5 Å². The number of hydrogen-bond acceptors (Lipinski definition) is 6. The number of benzene rings is 2. The lowest BCUT2D eigenvalue weighted by molar-refractivity contribution is -0.385. The van der Waals surface area contributed by atoms with E-state index < -0.39 is 14.9 Å². The second-order valence-electron chi connectivity index (χ2n) is 6.36. The highest BCUT2D eigenvalue weighted by Gasteiger charge is 2.17. The summed E-state index contributed by atoms with van der Waals surface area (Å²) < 4.78 is 29.9. The highest BCUT2D eigenvalue weighted by atomic mass is 35.5. The lowest BCUT2D eigenvalue weighted by atomic mass is 10.2. The molecule has 162 valence electrons. The van der Waals surface area contributed by atoms with Gasteiger partial charge in [-0.3, -0.25) is 14.9 Å². The molecule has 1 amide bonds. The second kappa shape index (κ2) is 10.4. The number of sulfonamides is 1. The third-order valence-electron chi connectivity index (χ3n) is 4.15. The van der Waals surface area contributed by atoms with Crippen LogP contribution in [0.3, 0.4) is 0 Å². The van der Waals surface area contributed by atoms with Crippen LogP contribution < -0.4 is 10.1 Å². The maximum atomic E-state index is 12.2. The number of hydrogen-bond donors (Lipinski definition) is 1. The smallest absolute Gasteiger partial charge is 0.313 e. The van der Waals surface area contributed by atoms with Gasteiger partial charge in [0.2, 0.25) is 15.8 Å². The minimum Gasteiger partial charge on any atom is -0.450 e. The van der Waals surface area contributed by atoms with E-state index in [1.807, 2.05) is 0 Å². The molecule has 0 spiro atoms. The number of nitrogens with zero attached hydrogens (tertiary/aromatic N) is 2. The molecule has 0 atom stereocenters. The van der Waals surface area contributed by atoms with Crippen LogP contribution in [0.2, 0.25) is 5.02 Å². The molecule has 11 heteroatoms. The van der Waals surface area contributed by atoms with Crippen molar-refractivity contribution in [2.45, 2.75) is 13.3 Å². The van der Waals surface area contributed by atoms with Gasteiger partial charge in [0.05, 0.1) is 11.2 Å². The lowest BCUT2D eigenvalue weighted by Crippen LogP contribution is -2.33. The van der Waals surface area contributed by atoms with Gasteiger partial charge in [0.25, 0.3) is 5.91 Å². The average molecular weight is 456 g/mol. The van der Waals surface area contributed by atoms with Crippen molar-refractivity contribution in [2.24, 2.45) is 0 Å². The minimum atomic E-state index is -3.25. The van der Waals surface area contributed by atoms with Crippen molar-refractivity contribution in [1.29, 1.82) is 0 Å². The zero-order chi connectivity index (χ0) is 22.3. The molecule has 0 aliphatic rings. The number of rotatable bonds is 10. The van der Waals surface area contributed by atoms with E-state index in [0.717, 1.165) is 6.26 Å². The molecule has 9 nitrogen and oxygen atoms in total. The molecule has 0 aliphatic carbocycles. The topological polar surface area (TPSA) is 119 Å². The fourth-order valence-corrected chi connectivity index (χ4v) is 3.73. The van der Waals surface area contributed by atoms with E-state index in [4.69, 9.17) is 16.3 Å². The molecule has 2 aromatic carbocycles. The lowest BCUT2D eigenvalue weighted by Gasteiger charge is -2.17. The Kier molecular flexibility index (Phi) is 8.16. The van der Waals surface area contributed by atoms with Gasteiger partial charge in [-0.1, -0.05) is 18.5 Å². The summed E-state index contributed by atoms with van der Waals surface area (Å²) in [5.41, 5.74) is 0.114. The molecule has 0 unspecified atom stereocenters. The third kappa shape index (κ3) is 6.68. The van der Waals surface area contributed by atoms with Gasteiger partial charge in [-0.2, -0.15) is 0 Å². The predicted molar refractivity (Wildman–Crippen MR) is 114 cm³/mol. The van der Waals surface area contributed by atoms with E-state index in [2.05, 4.69) is 5.32 Å². The quantitative estimate of drug-likeness (QED) is 0.333. The summed E-state index contributed by atoms with van der Waals surface area (Å²) in [6, 6.07) is 10.2. The molecule has 1 N–H and O–H groups in total. The maximum Gasteiger partial charge on any atom is 0.313 e. The third-order valence-corrected chi connectivity index (χ3v) is 5.77. The molecule has 0 saturated heterocycles. The number of carbonyl (C=O) groups excluding carboxylic acids is 1. The molecule has 0 fully saturated rings. The van der Waals surface area contributed by atoms with Crippen LogP contribution in [0.25, 0.3) is 0 Å². The Morgan fingerprint density at radius 3 is 2.47 bits per heavy atom. The molecule has 0 aromatic heterocycles. The van der Waals surface area contributed by atoms with E-state index in [0.29, 0.717) is 37.4 Å². The van der Waals surface area contributed by atoms with Gasteiger partial charge in [0, 0.05) is 36.3 Å². The largest absolute Gasteiger partial charge is 0.450 e. The van der Waals surface area contributed by atoms with Gasteiger partial charge in [0.15, 0.2) is 0 Å². The Hall–Kier alpha value is -2.69. The van der Waals surface area contributed by atoms with Crippen molar-refractivity contribution in [2.75, 3.05) is 25.9 Å². The zero-order valence-corrected chi connectivity index (χ0v) is 18.1. The van der Waals surface area contributed by atoms with Crippen LogP contribution in [0, 0.1) is 10.1 Å². The van der Waals surface area contributed by atoms with Crippen LogP contribution in [0.15, 0.2) is 42.5 Å². The van der Waals surface area contributed by atoms with Crippen molar-refractivity contribution in [3.8, 4) is 11.5 Å². The number of nitro groups is 1. The average Bonchev–Trinajstić information content (AvgIpc) is 2.68. The summed E-state index contributed by atoms with van der Waals surface area (Å²) in [7, 11) is -3.25. The number of ether oxygens (including phenoxy) is 1. The van der Waals surface area contributed by atoms with E-state index >= 15 is 0 Å². The number of carbonyl (C=O) groups is 1. The highest BCUT2D eigenvalue weighted by Crippen LogP contribution is 2.33. The summed E-state index contributed by atoms with van der Waals surface area (Å²) in [6.07, 6.45) is 1.63. The molecular weight excluding hydrogens is 434 g/mol. The van der Waals surface area contributed by atoms with Crippen LogP contribution in [0.4, 0.5) is 5.69 Å². The van der Waals surface area contributed by atoms with Gasteiger partial charge < -0.3 is 10.1 Å². The first-order chi connectivity index (χ1) is 14.1. The summed E-state index contributed by atoms with van der Waals surface area (Å²) >= 11 is 5.78. The molecule has 0 radical (unpaired) electrons. The van der Waals surface area contributed by atoms with Crippen LogP contribution in [-0.2, 0) is 10.0 Å². The van der Waals surface area contributed by atoms with Crippen LogP contribution in [-0.4, -0.2) is 49.4 Å². The Bertz CT molecular complexity index is 1010. The van der Waals surface area contributed by atoms with Gasteiger partial charge >= 0.3 is 5.69 Å². The van der Waals surface area contributed by atoms with Gasteiger partial charge in [-0.05, 0) is 42.8 Å². The number of amides is 1. The zero-order valence-electron chi connectivity index (χ0n) is 16.5. The predicted octanol–water partition coefficient (Wildman–Crippen LogP) is 3.44. The molecule has 0 saturated carbocycles. The highest BCUT2D eigenvalue weighted by molar-refractivity contribution is 7.88. The first-order valence-electron chi connectivity index (χ1n) is 9.07. The molecule has 0 aliphatic heterocycles. The first-order valence-corrected chi connectivity index (χ1v) is 11.3. The van der Waals surface area contributed by atoms with E-state index in [1.165, 1.54) is 46.8 Å². The van der Waals surface area contributed by atoms with Crippen molar-refractivity contribution in [1.82, 2.24) is 9.62 Å². The Morgan fingerprint density at radius 1 is 1.23 bits per heavy atom. The molecular formula is C19H22ClN3O6S. The summed E-state index contributed by atoms with van der Waals surface area (Å²) in [6.45, 7) is 2.77. The fourth-order valence-electron chi connectivity index (χ4n) is 2.64. The molecule has 0 heterocycles. The normalized spacial score (nSPS) is 11.3. The van der Waals surface area contributed by atoms with Crippen molar-refractivity contribution in [3.05, 3.63) is 63.2 Å². The maximum absolute atomic E-state index is 12.2. The SMILES string of the molecule is CCN(CCCNC(=O)c1ccc(Oc2ccc(Cl)cc2[N+](=O)[O-])cc1)S(C)(=O)=O. The standard InChI is InChI=1S/C19H22ClN3O6S/c1-3-22(30(2,27)28)12-4-11-21-19(24)14-5-8-16(9-6-14)29-18-10-7-15(20)13-17(18)23(25)26/h5-10,13H,3-4,11-12H2,1-2H3,(H,21,24). The van der Waals surface area contributed by atoms with E-state index in [-0.39, 0.29) is 22.4 Å². The van der Waals surface area contributed by atoms with Gasteiger partial charge in [0.1, 0.15) is 5.75 Å². The van der Waals surface area contributed by atoms with E-state index in [1.54, 1.807) is 6.92 Å². The number of halogens is 1. The monoisotopic (exact) mass is 455 g/mol. The van der Waals surface area contributed by atoms with Crippen LogP contribution in [0.1, 0.15) is 23.7 Å². The van der Waals surface area contributed by atoms with Crippen molar-refractivity contribution < 1.29 is 22.9 Å². The van der Waals surface area contributed by atoms with Gasteiger partial charge in [-0.25, -0.2) is 12.7 Å².